The minimum absolute atomic E-state index is 0.272. The van der Waals surface area contributed by atoms with Gasteiger partial charge in [-0.05, 0) is 17.7 Å². The minimum atomic E-state index is -0.517. The molecule has 5 heteroatoms. The Morgan fingerprint density at radius 2 is 1.71 bits per heavy atom. The van der Waals surface area contributed by atoms with Gasteiger partial charge in [-0.2, -0.15) is 0 Å². The summed E-state index contributed by atoms with van der Waals surface area (Å²) < 4.78 is 20.2. The van der Waals surface area contributed by atoms with Crippen LogP contribution in [0.4, 0.5) is 0 Å². The van der Waals surface area contributed by atoms with Gasteiger partial charge in [0.2, 0.25) is 0 Å². The number of benzene rings is 1. The highest BCUT2D eigenvalue weighted by Gasteiger charge is 2.47. The molecule has 0 amide bonds. The molecule has 17 heavy (non-hydrogen) atoms. The van der Waals surface area contributed by atoms with E-state index in [1.165, 1.54) is 7.11 Å². The summed E-state index contributed by atoms with van der Waals surface area (Å²) in [5.74, 6) is 0.966. The van der Waals surface area contributed by atoms with Gasteiger partial charge in [-0.3, -0.25) is 0 Å². The fourth-order valence-corrected chi connectivity index (χ4v) is 1.65. The smallest absolute Gasteiger partial charge is 0.338 e. The molecule has 1 heterocycles. The third-order valence-corrected chi connectivity index (χ3v) is 2.63. The molecule has 0 aromatic heterocycles. The first-order chi connectivity index (χ1) is 8.19. The number of ether oxygens (including phenoxy) is 4. The predicted octanol–water partition coefficient (Wildman–Crippen LogP) is 1.32. The van der Waals surface area contributed by atoms with E-state index in [1.54, 1.807) is 20.3 Å². The van der Waals surface area contributed by atoms with Crippen LogP contribution < -0.4 is 9.47 Å². The third-order valence-electron chi connectivity index (χ3n) is 2.63. The summed E-state index contributed by atoms with van der Waals surface area (Å²) in [6, 6.07) is 5.39. The molecule has 0 aliphatic carbocycles. The number of methoxy groups -OCH3 is 3. The molecule has 0 N–H and O–H groups in total. The average Bonchev–Trinajstić information content (AvgIpc) is 3.17. The van der Waals surface area contributed by atoms with Crippen LogP contribution in [0.5, 0.6) is 11.5 Å². The normalized spacial score (nSPS) is 21.8. The Bertz CT molecular complexity index is 407. The molecule has 1 saturated heterocycles. The Balaban J connectivity index is 2.19. The van der Waals surface area contributed by atoms with Crippen LogP contribution in [0.1, 0.15) is 11.7 Å². The summed E-state index contributed by atoms with van der Waals surface area (Å²) in [7, 11) is 4.49. The second-order valence-electron chi connectivity index (χ2n) is 3.65. The van der Waals surface area contributed by atoms with E-state index in [0.717, 1.165) is 5.56 Å². The van der Waals surface area contributed by atoms with Gasteiger partial charge < -0.3 is 18.9 Å². The molecule has 1 aromatic rings. The van der Waals surface area contributed by atoms with Crippen molar-refractivity contribution in [3.8, 4) is 11.5 Å². The lowest BCUT2D eigenvalue weighted by Gasteiger charge is -2.06. The van der Waals surface area contributed by atoms with Crippen molar-refractivity contribution < 1.29 is 23.7 Å². The van der Waals surface area contributed by atoms with Gasteiger partial charge >= 0.3 is 5.97 Å². The van der Waals surface area contributed by atoms with Crippen molar-refractivity contribution in [1.82, 2.24) is 0 Å². The maximum atomic E-state index is 11.3. The quantitative estimate of drug-likeness (QED) is 0.585. The van der Waals surface area contributed by atoms with Crippen molar-refractivity contribution in [2.75, 3.05) is 21.3 Å². The Morgan fingerprint density at radius 1 is 1.12 bits per heavy atom. The maximum Gasteiger partial charge on any atom is 0.338 e. The molecule has 92 valence electrons. The lowest BCUT2D eigenvalue weighted by atomic mass is 10.1. The number of rotatable bonds is 4. The van der Waals surface area contributed by atoms with E-state index >= 15 is 0 Å². The zero-order chi connectivity index (χ0) is 12.4. The number of carbonyl (C=O) groups excluding carboxylic acids is 1. The predicted molar refractivity (Wildman–Crippen MR) is 59.2 cm³/mol. The molecule has 5 nitrogen and oxygen atoms in total. The maximum absolute atomic E-state index is 11.3. The molecular weight excluding hydrogens is 224 g/mol. The van der Waals surface area contributed by atoms with Gasteiger partial charge in [0.1, 0.15) is 17.6 Å². The average molecular weight is 238 g/mol. The lowest BCUT2D eigenvalue weighted by molar-refractivity contribution is -0.142. The Kier molecular flexibility index (Phi) is 3.19. The first-order valence-corrected chi connectivity index (χ1v) is 5.16. The SMILES string of the molecule is COC(=O)[C@@H]1O[C@H]1c1cc(OC)cc(OC)c1. The Hall–Kier alpha value is -1.75. The fraction of sp³-hybridized carbons (Fsp3) is 0.417. The fourth-order valence-electron chi connectivity index (χ4n) is 1.65. The van der Waals surface area contributed by atoms with Gasteiger partial charge in [-0.1, -0.05) is 0 Å². The van der Waals surface area contributed by atoms with Crippen LogP contribution in [-0.2, 0) is 14.3 Å². The largest absolute Gasteiger partial charge is 0.497 e. The molecule has 1 fully saturated rings. The highest BCUT2D eigenvalue weighted by Crippen LogP contribution is 2.41. The van der Waals surface area contributed by atoms with Gasteiger partial charge in [0, 0.05) is 6.07 Å². The summed E-state index contributed by atoms with van der Waals surface area (Å²) in [5.41, 5.74) is 0.844. The molecular formula is C12H14O5. The number of hydrogen-bond acceptors (Lipinski definition) is 5. The standard InChI is InChI=1S/C12H14O5/c1-14-8-4-7(5-9(6-8)15-2)10-11(17-10)12(13)16-3/h4-6,10-11H,1-3H3/t10-,11+/m0/s1. The summed E-state index contributed by atoms with van der Waals surface area (Å²) in [5, 5.41) is 0. The summed E-state index contributed by atoms with van der Waals surface area (Å²) >= 11 is 0. The van der Waals surface area contributed by atoms with Crippen LogP contribution in [0.3, 0.4) is 0 Å². The highest BCUT2D eigenvalue weighted by atomic mass is 16.6. The second-order valence-corrected chi connectivity index (χ2v) is 3.65. The number of esters is 1. The van der Waals surface area contributed by atoms with Crippen LogP contribution in [0.2, 0.25) is 0 Å². The Morgan fingerprint density at radius 3 is 2.18 bits per heavy atom. The van der Waals surface area contributed by atoms with Crippen molar-refractivity contribution in [3.63, 3.8) is 0 Å². The van der Waals surface area contributed by atoms with E-state index in [1.807, 2.05) is 12.1 Å². The molecule has 0 unspecified atom stereocenters. The van der Waals surface area contributed by atoms with Gasteiger partial charge in [0.15, 0.2) is 6.10 Å². The Labute approximate surface area is 99.2 Å². The molecule has 0 saturated carbocycles. The molecule has 1 aliphatic heterocycles. The number of epoxide rings is 1. The zero-order valence-electron chi connectivity index (χ0n) is 9.93. The molecule has 0 spiro atoms. The van der Waals surface area contributed by atoms with Gasteiger partial charge in [0.25, 0.3) is 0 Å². The zero-order valence-corrected chi connectivity index (χ0v) is 9.93. The van der Waals surface area contributed by atoms with Crippen LogP contribution in [-0.4, -0.2) is 33.4 Å². The molecule has 0 radical (unpaired) electrons. The number of carbonyl (C=O) groups is 1. The van der Waals surface area contributed by atoms with Crippen LogP contribution >= 0.6 is 0 Å². The van der Waals surface area contributed by atoms with Crippen molar-refractivity contribution in [3.05, 3.63) is 23.8 Å². The van der Waals surface area contributed by atoms with Crippen LogP contribution in [0, 0.1) is 0 Å². The second kappa shape index (κ2) is 4.63. The highest BCUT2D eigenvalue weighted by molar-refractivity contribution is 5.78. The molecule has 1 aliphatic rings. The van der Waals surface area contributed by atoms with E-state index in [-0.39, 0.29) is 12.1 Å². The first kappa shape index (κ1) is 11.7. The summed E-state index contributed by atoms with van der Waals surface area (Å²) in [6.07, 6.45) is -0.789. The lowest BCUT2D eigenvalue weighted by Crippen LogP contribution is -2.09. The topological polar surface area (TPSA) is 57.3 Å². The third kappa shape index (κ3) is 2.34. The van der Waals surface area contributed by atoms with Crippen molar-refractivity contribution >= 4 is 5.97 Å². The minimum Gasteiger partial charge on any atom is -0.497 e. The van der Waals surface area contributed by atoms with E-state index < -0.39 is 6.10 Å². The van der Waals surface area contributed by atoms with Gasteiger partial charge in [-0.25, -0.2) is 4.79 Å². The number of hydrogen-bond donors (Lipinski definition) is 0. The molecule has 0 bridgehead atoms. The molecule has 1 aromatic carbocycles. The van der Waals surface area contributed by atoms with Crippen molar-refractivity contribution in [2.24, 2.45) is 0 Å². The summed E-state index contributed by atoms with van der Waals surface area (Å²) in [4.78, 5) is 11.3. The van der Waals surface area contributed by atoms with Crippen molar-refractivity contribution in [1.29, 1.82) is 0 Å². The van der Waals surface area contributed by atoms with Crippen LogP contribution in [0.25, 0.3) is 0 Å². The van der Waals surface area contributed by atoms with E-state index in [9.17, 15) is 4.79 Å². The summed E-state index contributed by atoms with van der Waals surface area (Å²) in [6.45, 7) is 0. The van der Waals surface area contributed by atoms with Gasteiger partial charge in [0.05, 0.1) is 21.3 Å². The molecule has 2 rings (SSSR count). The van der Waals surface area contributed by atoms with Crippen molar-refractivity contribution in [2.45, 2.75) is 12.2 Å². The van der Waals surface area contributed by atoms with E-state index in [2.05, 4.69) is 4.74 Å². The van der Waals surface area contributed by atoms with Crippen LogP contribution in [0.15, 0.2) is 18.2 Å². The van der Waals surface area contributed by atoms with E-state index in [4.69, 9.17) is 14.2 Å². The first-order valence-electron chi connectivity index (χ1n) is 5.16. The van der Waals surface area contributed by atoms with E-state index in [0.29, 0.717) is 11.5 Å². The van der Waals surface area contributed by atoms with Gasteiger partial charge in [-0.15, -0.1) is 0 Å². The molecule has 2 atom stereocenters. The monoisotopic (exact) mass is 238 g/mol.